The molecule has 0 saturated heterocycles. The number of hydrogen-bond donors (Lipinski definition) is 7. The van der Waals surface area contributed by atoms with Gasteiger partial charge in [0.25, 0.3) is 0 Å². The van der Waals surface area contributed by atoms with E-state index in [4.69, 9.17) is 0 Å². The van der Waals surface area contributed by atoms with Crippen molar-refractivity contribution in [3.05, 3.63) is 0 Å². The first-order valence-electron chi connectivity index (χ1n) is 8.32. The molecule has 0 aliphatic rings. The molecule has 2 unspecified atom stereocenters. The minimum absolute atomic E-state index is 0.0284. The number of carbonyl (C=O) groups excluding carboxylic acids is 4. The van der Waals surface area contributed by atoms with Gasteiger partial charge in [-0.15, -0.1) is 0 Å². The number of nitrogens with one attached hydrogen (secondary N) is 4. The van der Waals surface area contributed by atoms with Crippen molar-refractivity contribution in [1.29, 1.82) is 0 Å². The molecule has 5 N–H and O–H groups in total. The lowest BCUT2D eigenvalue weighted by atomic mass is 10.1. The largest absolute Gasteiger partial charge is 0.389 e. The number of hydrogen-bond acceptors (Lipinski definition) is 7. The summed E-state index contributed by atoms with van der Waals surface area (Å²) in [5, 5.41) is 19.8. The van der Waals surface area contributed by atoms with Crippen molar-refractivity contribution in [2.24, 2.45) is 11.8 Å². The standard InChI is InChI=1S/C15H28N4O5S2/c1-3-16-12(21)10(7-25)14(23)18-5-9(20)6-19-15(24)11(8-26)13(22)17-4-2/h9-11,20,25-26H,3-8H2,1-2H3,(H,16,21)(H,17,22)(H,18,23)(H,19,24). The SMILES string of the molecule is CCNC(=O)C(CS)C(=O)NCC(O)CNC(=O)C(CS)C(=O)NCC. The first-order valence-corrected chi connectivity index (χ1v) is 9.59. The fourth-order valence-corrected chi connectivity index (χ4v) is 2.58. The van der Waals surface area contributed by atoms with Crippen LogP contribution in [0.4, 0.5) is 0 Å². The van der Waals surface area contributed by atoms with Crippen LogP contribution >= 0.6 is 25.3 Å². The zero-order chi connectivity index (χ0) is 20.1. The van der Waals surface area contributed by atoms with E-state index in [9.17, 15) is 24.3 Å². The van der Waals surface area contributed by atoms with Crippen LogP contribution in [0.15, 0.2) is 0 Å². The second-order valence-corrected chi connectivity index (χ2v) is 6.13. The fourth-order valence-electron chi connectivity index (χ4n) is 1.92. The predicted octanol–water partition coefficient (Wildman–Crippen LogP) is -2.06. The van der Waals surface area contributed by atoms with Crippen molar-refractivity contribution >= 4 is 48.9 Å². The molecule has 0 radical (unpaired) electrons. The van der Waals surface area contributed by atoms with Crippen LogP contribution in [0.3, 0.4) is 0 Å². The van der Waals surface area contributed by atoms with Crippen LogP contribution in [0.1, 0.15) is 13.8 Å². The highest BCUT2D eigenvalue weighted by Gasteiger charge is 2.26. The van der Waals surface area contributed by atoms with E-state index in [2.05, 4.69) is 46.5 Å². The summed E-state index contributed by atoms with van der Waals surface area (Å²) < 4.78 is 0. The van der Waals surface area contributed by atoms with Crippen molar-refractivity contribution in [2.45, 2.75) is 20.0 Å². The molecule has 0 fully saturated rings. The highest BCUT2D eigenvalue weighted by molar-refractivity contribution is 7.80. The molecule has 9 nitrogen and oxygen atoms in total. The maximum Gasteiger partial charge on any atom is 0.233 e. The quantitative estimate of drug-likeness (QED) is 0.147. The van der Waals surface area contributed by atoms with Crippen molar-refractivity contribution < 1.29 is 24.3 Å². The number of rotatable bonds is 12. The Hall–Kier alpha value is -1.46. The van der Waals surface area contributed by atoms with E-state index in [0.29, 0.717) is 13.1 Å². The predicted molar refractivity (Wildman–Crippen MR) is 104 cm³/mol. The van der Waals surface area contributed by atoms with Crippen LogP contribution in [0.2, 0.25) is 0 Å². The van der Waals surface area contributed by atoms with Gasteiger partial charge in [0.2, 0.25) is 23.6 Å². The van der Waals surface area contributed by atoms with Crippen LogP contribution in [-0.4, -0.2) is 72.5 Å². The lowest BCUT2D eigenvalue weighted by Crippen LogP contribution is -2.48. The molecule has 0 spiro atoms. The van der Waals surface area contributed by atoms with Crippen molar-refractivity contribution in [2.75, 3.05) is 37.7 Å². The lowest BCUT2D eigenvalue weighted by Gasteiger charge is -2.18. The monoisotopic (exact) mass is 408 g/mol. The molecule has 0 aromatic rings. The van der Waals surface area contributed by atoms with E-state index in [1.54, 1.807) is 13.8 Å². The van der Waals surface area contributed by atoms with Gasteiger partial charge in [0.1, 0.15) is 11.8 Å². The maximum absolute atomic E-state index is 12.0. The molecular weight excluding hydrogens is 380 g/mol. The van der Waals surface area contributed by atoms with Gasteiger partial charge in [0, 0.05) is 37.7 Å². The molecule has 0 heterocycles. The topological polar surface area (TPSA) is 137 Å². The molecule has 0 aromatic carbocycles. The Balaban J connectivity index is 4.38. The second kappa shape index (κ2) is 13.7. The third-order valence-electron chi connectivity index (χ3n) is 3.36. The molecule has 0 aliphatic heterocycles. The Bertz CT molecular complexity index is 451. The van der Waals surface area contributed by atoms with Gasteiger partial charge in [0.15, 0.2) is 0 Å². The fraction of sp³-hybridized carbons (Fsp3) is 0.733. The van der Waals surface area contributed by atoms with E-state index in [0.717, 1.165) is 0 Å². The molecule has 2 atom stereocenters. The smallest absolute Gasteiger partial charge is 0.233 e. The minimum atomic E-state index is -1.08. The number of aliphatic hydroxyl groups excluding tert-OH is 1. The van der Waals surface area contributed by atoms with Gasteiger partial charge in [0.05, 0.1) is 6.10 Å². The zero-order valence-corrected chi connectivity index (χ0v) is 16.7. The van der Waals surface area contributed by atoms with Gasteiger partial charge < -0.3 is 26.4 Å². The molecule has 4 amide bonds. The highest BCUT2D eigenvalue weighted by Crippen LogP contribution is 2.01. The molecule has 0 rings (SSSR count). The van der Waals surface area contributed by atoms with E-state index in [-0.39, 0.29) is 24.6 Å². The average Bonchev–Trinajstić information content (AvgIpc) is 2.59. The molecule has 0 aromatic heterocycles. The summed E-state index contributed by atoms with van der Waals surface area (Å²) in [5.41, 5.74) is 0. The third kappa shape index (κ3) is 8.77. The molecule has 26 heavy (non-hydrogen) atoms. The first-order chi connectivity index (χ1) is 12.3. The molecular formula is C15H28N4O5S2. The molecule has 0 bridgehead atoms. The van der Waals surface area contributed by atoms with Crippen LogP contribution in [0.5, 0.6) is 0 Å². The van der Waals surface area contributed by atoms with Gasteiger partial charge in [-0.2, -0.15) is 25.3 Å². The van der Waals surface area contributed by atoms with Crippen LogP contribution in [-0.2, 0) is 19.2 Å². The molecule has 11 heteroatoms. The van der Waals surface area contributed by atoms with Crippen LogP contribution in [0.25, 0.3) is 0 Å². The number of thiol groups is 2. The van der Waals surface area contributed by atoms with Crippen molar-refractivity contribution in [3.8, 4) is 0 Å². The summed E-state index contributed by atoms with van der Waals surface area (Å²) in [6.45, 7) is 3.93. The summed E-state index contributed by atoms with van der Waals surface area (Å²) in [6, 6.07) is 0. The van der Waals surface area contributed by atoms with E-state index < -0.39 is 41.6 Å². The average molecular weight is 409 g/mol. The Morgan fingerprint density at radius 2 is 1.04 bits per heavy atom. The highest BCUT2D eigenvalue weighted by atomic mass is 32.1. The first kappa shape index (κ1) is 24.5. The maximum atomic E-state index is 12.0. The third-order valence-corrected chi connectivity index (χ3v) is 4.09. The van der Waals surface area contributed by atoms with Gasteiger partial charge in [-0.05, 0) is 13.8 Å². The summed E-state index contributed by atoms with van der Waals surface area (Å²) in [4.78, 5) is 47.4. The Labute approximate surface area is 164 Å². The zero-order valence-electron chi connectivity index (χ0n) is 14.9. The van der Waals surface area contributed by atoms with Gasteiger partial charge >= 0.3 is 0 Å². The van der Waals surface area contributed by atoms with E-state index in [1.807, 2.05) is 0 Å². The van der Waals surface area contributed by atoms with E-state index in [1.165, 1.54) is 0 Å². The van der Waals surface area contributed by atoms with E-state index >= 15 is 0 Å². The van der Waals surface area contributed by atoms with Crippen molar-refractivity contribution in [1.82, 2.24) is 21.3 Å². The molecule has 0 aliphatic carbocycles. The Kier molecular flexibility index (Phi) is 12.9. The number of carbonyl (C=O) groups is 4. The number of amides is 4. The summed E-state index contributed by atoms with van der Waals surface area (Å²) >= 11 is 7.97. The second-order valence-electron chi connectivity index (χ2n) is 5.40. The minimum Gasteiger partial charge on any atom is -0.389 e. The summed E-state index contributed by atoms with van der Waals surface area (Å²) in [7, 11) is 0. The van der Waals surface area contributed by atoms with Crippen LogP contribution in [0, 0.1) is 11.8 Å². The molecule has 0 saturated carbocycles. The summed E-state index contributed by atoms with van der Waals surface area (Å²) in [5.74, 6) is -3.89. The molecule has 150 valence electrons. The lowest BCUT2D eigenvalue weighted by molar-refractivity contribution is -0.135. The van der Waals surface area contributed by atoms with Gasteiger partial charge in [-0.1, -0.05) is 0 Å². The van der Waals surface area contributed by atoms with Crippen LogP contribution < -0.4 is 21.3 Å². The van der Waals surface area contributed by atoms with Gasteiger partial charge in [-0.3, -0.25) is 19.2 Å². The normalized spacial score (nSPS) is 13.9. The summed E-state index contributed by atoms with van der Waals surface area (Å²) in [6.07, 6.45) is -1.08. The Morgan fingerprint density at radius 1 is 0.731 bits per heavy atom. The Morgan fingerprint density at radius 3 is 1.31 bits per heavy atom. The van der Waals surface area contributed by atoms with Crippen molar-refractivity contribution in [3.63, 3.8) is 0 Å². The van der Waals surface area contributed by atoms with Gasteiger partial charge in [-0.25, -0.2) is 0 Å². The number of aliphatic hydroxyl groups is 1.